The minimum absolute atomic E-state index is 0.0746. The molecule has 222 valence electrons. The molecule has 0 amide bonds. The molecule has 11 heteroatoms. The SMILES string of the molecule is COc1ncccc1Nc1cc2nc3ccccc3n(-c3cccc(OC(F)(F)F)c3)c-2cc1=NC1CCC(OC)CC1. The number of aromatic nitrogens is 3. The Bertz CT molecular complexity index is 1780. The van der Waals surface area contributed by atoms with E-state index in [2.05, 4.69) is 15.0 Å². The lowest BCUT2D eigenvalue weighted by Crippen LogP contribution is -2.25. The van der Waals surface area contributed by atoms with E-state index >= 15 is 0 Å². The van der Waals surface area contributed by atoms with Crippen LogP contribution in [0.2, 0.25) is 0 Å². The lowest BCUT2D eigenvalue weighted by atomic mass is 9.93. The number of alkyl halides is 3. The third-order valence-corrected chi connectivity index (χ3v) is 7.54. The highest BCUT2D eigenvalue weighted by atomic mass is 19.4. The third kappa shape index (κ3) is 6.26. The molecule has 6 rings (SSSR count). The Hall–Kier alpha value is -4.64. The van der Waals surface area contributed by atoms with Gasteiger partial charge in [-0.05, 0) is 74.2 Å². The van der Waals surface area contributed by atoms with Gasteiger partial charge in [-0.1, -0.05) is 18.2 Å². The summed E-state index contributed by atoms with van der Waals surface area (Å²) in [6.45, 7) is 0. The van der Waals surface area contributed by atoms with Crippen molar-refractivity contribution in [2.45, 2.75) is 44.2 Å². The number of rotatable bonds is 7. The topological polar surface area (TPSA) is 82.8 Å². The van der Waals surface area contributed by atoms with E-state index in [0.717, 1.165) is 31.2 Å². The molecule has 0 unspecified atom stereocenters. The Morgan fingerprint density at radius 1 is 0.907 bits per heavy atom. The van der Waals surface area contributed by atoms with Gasteiger partial charge in [-0.3, -0.25) is 4.99 Å². The van der Waals surface area contributed by atoms with Crippen LogP contribution in [0.15, 0.2) is 84.0 Å². The summed E-state index contributed by atoms with van der Waals surface area (Å²) in [6, 6.07) is 21.0. The molecule has 1 N–H and O–H groups in total. The summed E-state index contributed by atoms with van der Waals surface area (Å²) in [7, 11) is 3.29. The van der Waals surface area contributed by atoms with E-state index < -0.39 is 6.36 Å². The Morgan fingerprint density at radius 3 is 2.49 bits per heavy atom. The zero-order chi connectivity index (χ0) is 30.0. The highest BCUT2D eigenvalue weighted by Gasteiger charge is 2.31. The molecule has 8 nitrogen and oxygen atoms in total. The predicted octanol–water partition coefficient (Wildman–Crippen LogP) is 7.03. The van der Waals surface area contributed by atoms with Crippen molar-refractivity contribution >= 4 is 22.4 Å². The number of hydrogen-bond donors (Lipinski definition) is 1. The smallest absolute Gasteiger partial charge is 0.480 e. The molecular formula is C32H30F3N5O3. The fourth-order valence-corrected chi connectivity index (χ4v) is 5.55. The third-order valence-electron chi connectivity index (χ3n) is 7.54. The molecule has 0 bridgehead atoms. The molecule has 0 atom stereocenters. The number of nitrogens with one attached hydrogen (secondary N) is 1. The normalized spacial score (nSPS) is 17.7. The minimum Gasteiger partial charge on any atom is -0.480 e. The molecule has 3 aliphatic rings. The number of fused-ring (bicyclic) bond motifs is 2. The van der Waals surface area contributed by atoms with Crippen LogP contribution >= 0.6 is 0 Å². The van der Waals surface area contributed by atoms with Crippen molar-refractivity contribution in [3.05, 3.63) is 84.4 Å². The summed E-state index contributed by atoms with van der Waals surface area (Å²) in [5.74, 6) is 0.116. The van der Waals surface area contributed by atoms with Gasteiger partial charge in [0.2, 0.25) is 5.88 Å². The van der Waals surface area contributed by atoms with Crippen LogP contribution in [-0.2, 0) is 4.74 Å². The fourth-order valence-electron chi connectivity index (χ4n) is 5.55. The number of hydrogen-bond acceptors (Lipinski definition) is 7. The van der Waals surface area contributed by atoms with Gasteiger partial charge in [0.15, 0.2) is 0 Å². The lowest BCUT2D eigenvalue weighted by Gasteiger charge is -2.25. The second-order valence-corrected chi connectivity index (χ2v) is 10.3. The fraction of sp³-hybridized carbons (Fsp3) is 0.281. The molecule has 0 spiro atoms. The van der Waals surface area contributed by atoms with Gasteiger partial charge < -0.3 is 24.1 Å². The molecule has 1 saturated carbocycles. The molecule has 2 aromatic carbocycles. The minimum atomic E-state index is -4.81. The second-order valence-electron chi connectivity index (χ2n) is 10.3. The number of nitrogens with zero attached hydrogens (tertiary/aromatic N) is 4. The molecular weight excluding hydrogens is 559 g/mol. The van der Waals surface area contributed by atoms with Crippen molar-refractivity contribution in [2.24, 2.45) is 4.99 Å². The molecule has 2 aliphatic carbocycles. The van der Waals surface area contributed by atoms with Crippen molar-refractivity contribution in [3.63, 3.8) is 0 Å². The number of methoxy groups -OCH3 is 2. The van der Waals surface area contributed by atoms with Crippen LogP contribution in [-0.4, -0.2) is 47.3 Å². The quantitative estimate of drug-likeness (QED) is 0.205. The molecule has 1 fully saturated rings. The second kappa shape index (κ2) is 11.9. The van der Waals surface area contributed by atoms with E-state index in [1.807, 2.05) is 53.1 Å². The Morgan fingerprint density at radius 2 is 1.72 bits per heavy atom. The zero-order valence-electron chi connectivity index (χ0n) is 23.6. The van der Waals surface area contributed by atoms with Gasteiger partial charge in [-0.15, -0.1) is 13.2 Å². The van der Waals surface area contributed by atoms with Crippen molar-refractivity contribution in [3.8, 4) is 28.7 Å². The molecule has 1 aliphatic heterocycles. The van der Waals surface area contributed by atoms with Gasteiger partial charge in [0, 0.05) is 25.1 Å². The number of para-hydroxylation sites is 2. The number of anilines is 2. The van der Waals surface area contributed by atoms with Gasteiger partial charge in [-0.2, -0.15) is 0 Å². The molecule has 2 heterocycles. The van der Waals surface area contributed by atoms with Gasteiger partial charge >= 0.3 is 6.36 Å². The highest BCUT2D eigenvalue weighted by molar-refractivity contribution is 5.84. The summed E-state index contributed by atoms with van der Waals surface area (Å²) in [6.07, 6.45) is 0.637. The summed E-state index contributed by atoms with van der Waals surface area (Å²) in [5.41, 5.74) is 4.55. The largest absolute Gasteiger partial charge is 0.573 e. The first-order valence-electron chi connectivity index (χ1n) is 14.0. The van der Waals surface area contributed by atoms with Crippen molar-refractivity contribution in [2.75, 3.05) is 19.5 Å². The van der Waals surface area contributed by atoms with E-state index in [9.17, 15) is 13.2 Å². The van der Waals surface area contributed by atoms with Crippen LogP contribution in [0.1, 0.15) is 25.7 Å². The number of ether oxygens (including phenoxy) is 3. The number of halogens is 3. The average molecular weight is 590 g/mol. The van der Waals surface area contributed by atoms with Crippen LogP contribution < -0.4 is 20.1 Å². The van der Waals surface area contributed by atoms with Gasteiger partial charge in [-0.25, -0.2) is 9.97 Å². The van der Waals surface area contributed by atoms with Gasteiger partial charge in [0.05, 0.1) is 52.7 Å². The maximum Gasteiger partial charge on any atom is 0.573 e. The Balaban J connectivity index is 1.57. The number of benzene rings is 3. The van der Waals surface area contributed by atoms with E-state index in [-0.39, 0.29) is 17.9 Å². The molecule has 1 aromatic heterocycles. The first-order valence-corrected chi connectivity index (χ1v) is 14.0. The van der Waals surface area contributed by atoms with Crippen molar-refractivity contribution in [1.29, 1.82) is 0 Å². The van der Waals surface area contributed by atoms with Crippen LogP contribution in [0.4, 0.5) is 24.5 Å². The number of pyridine rings is 1. The zero-order valence-corrected chi connectivity index (χ0v) is 23.6. The van der Waals surface area contributed by atoms with Crippen LogP contribution in [0.5, 0.6) is 11.6 Å². The van der Waals surface area contributed by atoms with E-state index in [4.69, 9.17) is 19.5 Å². The standard InChI is InChI=1S/C32H30F3N5O3/c1-41-22-14-12-20(13-15-22)37-27-19-30-28(18-26(27)39-25-10-6-16-36-31(25)42-2)38-24-9-3-4-11-29(24)40(30)21-7-5-8-23(17-21)43-32(33,34)35/h3-11,16-20,22,39H,12-15H2,1-2H3. The van der Waals surface area contributed by atoms with Gasteiger partial charge in [0.25, 0.3) is 0 Å². The predicted molar refractivity (Wildman–Crippen MR) is 157 cm³/mol. The van der Waals surface area contributed by atoms with Gasteiger partial charge in [0.1, 0.15) is 11.4 Å². The maximum atomic E-state index is 13.1. The summed E-state index contributed by atoms with van der Waals surface area (Å²) >= 11 is 0. The molecule has 0 radical (unpaired) electrons. The van der Waals surface area contributed by atoms with Crippen LogP contribution in [0.25, 0.3) is 28.1 Å². The maximum absolute atomic E-state index is 13.1. The van der Waals surface area contributed by atoms with Crippen LogP contribution in [0.3, 0.4) is 0 Å². The first kappa shape index (κ1) is 28.5. The van der Waals surface area contributed by atoms with E-state index in [1.165, 1.54) is 18.2 Å². The summed E-state index contributed by atoms with van der Waals surface area (Å²) < 4.78 is 56.5. The van der Waals surface area contributed by atoms with Crippen LogP contribution in [0, 0.1) is 0 Å². The summed E-state index contributed by atoms with van der Waals surface area (Å²) in [4.78, 5) is 14.4. The molecule has 3 aromatic rings. The summed E-state index contributed by atoms with van der Waals surface area (Å²) in [5, 5.41) is 4.12. The molecule has 0 saturated heterocycles. The Kier molecular flexibility index (Phi) is 7.90. The lowest BCUT2D eigenvalue weighted by molar-refractivity contribution is -0.274. The van der Waals surface area contributed by atoms with E-state index in [0.29, 0.717) is 45.2 Å². The Labute approximate surface area is 246 Å². The van der Waals surface area contributed by atoms with E-state index in [1.54, 1.807) is 26.5 Å². The first-order chi connectivity index (χ1) is 20.8. The average Bonchev–Trinajstić information content (AvgIpc) is 3.00. The highest BCUT2D eigenvalue weighted by Crippen LogP contribution is 2.34. The monoisotopic (exact) mass is 589 g/mol. The van der Waals surface area contributed by atoms with Crippen molar-refractivity contribution in [1.82, 2.24) is 14.5 Å². The molecule has 43 heavy (non-hydrogen) atoms. The van der Waals surface area contributed by atoms with Crippen molar-refractivity contribution < 1.29 is 27.4 Å².